The Bertz CT molecular complexity index is 1520. The third-order valence-corrected chi connectivity index (χ3v) is 8.92. The van der Waals surface area contributed by atoms with Crippen LogP contribution in [0.25, 0.3) is 0 Å². The maximum Gasteiger partial charge on any atom is 0.417 e. The van der Waals surface area contributed by atoms with Crippen molar-refractivity contribution in [3.8, 4) is 0 Å². The summed E-state index contributed by atoms with van der Waals surface area (Å²) in [5, 5.41) is 2.17. The number of rotatable bonds is 12. The number of nitrogens with one attached hydrogen (secondary N) is 1. The summed E-state index contributed by atoms with van der Waals surface area (Å²) in [5.74, 6) is -1.87. The van der Waals surface area contributed by atoms with Crippen LogP contribution in [0.3, 0.4) is 0 Å². The van der Waals surface area contributed by atoms with Gasteiger partial charge in [-0.2, -0.15) is 13.2 Å². The molecule has 2 amide bonds. The molecular weight excluding hydrogens is 610 g/mol. The molecule has 13 heteroatoms. The van der Waals surface area contributed by atoms with Gasteiger partial charge in [0.1, 0.15) is 18.4 Å². The highest BCUT2D eigenvalue weighted by atomic mass is 35.5. The molecule has 0 aliphatic heterocycles. The Hall–Kier alpha value is -3.64. The maximum absolute atomic E-state index is 14.0. The van der Waals surface area contributed by atoms with Crippen LogP contribution in [0.5, 0.6) is 0 Å². The zero-order valence-electron chi connectivity index (χ0n) is 23.7. The van der Waals surface area contributed by atoms with E-state index in [1.807, 2.05) is 6.92 Å². The molecule has 0 bridgehead atoms. The molecule has 0 spiro atoms. The quantitative estimate of drug-likeness (QED) is 0.232. The Morgan fingerprint density at radius 1 is 0.953 bits per heavy atom. The lowest BCUT2D eigenvalue weighted by Crippen LogP contribution is -2.53. The summed E-state index contributed by atoms with van der Waals surface area (Å²) < 4.78 is 83.0. The number of alkyl halides is 3. The Kier molecular flexibility index (Phi) is 11.2. The minimum absolute atomic E-state index is 0.139. The molecular formula is C30H32ClF4N3O4S. The van der Waals surface area contributed by atoms with Gasteiger partial charge in [-0.05, 0) is 67.8 Å². The molecule has 0 saturated carbocycles. The first-order chi connectivity index (χ1) is 20.2. The molecule has 0 radical (unpaired) electrons. The van der Waals surface area contributed by atoms with Gasteiger partial charge in [0, 0.05) is 12.6 Å². The SMILES string of the molecule is CC[C@H](C(=O)N[C@@H](C)CC)N(Cc1ccc(F)cc1)C(=O)CN(c1ccc(Cl)c(C(F)(F)F)c1)S(=O)(=O)c1ccccc1. The third kappa shape index (κ3) is 8.47. The molecule has 0 fully saturated rings. The fourth-order valence-corrected chi connectivity index (χ4v) is 5.93. The summed E-state index contributed by atoms with van der Waals surface area (Å²) in [5.41, 5.74) is -1.28. The number of nitrogens with zero attached hydrogens (tertiary/aromatic N) is 2. The molecule has 0 heterocycles. The third-order valence-electron chi connectivity index (χ3n) is 6.81. The Labute approximate surface area is 253 Å². The number of carbonyl (C=O) groups excluding carboxylic acids is 2. The van der Waals surface area contributed by atoms with Gasteiger partial charge < -0.3 is 10.2 Å². The van der Waals surface area contributed by atoms with Crippen molar-refractivity contribution in [1.82, 2.24) is 10.2 Å². The molecule has 2 atom stereocenters. The smallest absolute Gasteiger partial charge is 0.352 e. The Balaban J connectivity index is 2.13. The second-order valence-corrected chi connectivity index (χ2v) is 12.1. The number of carbonyl (C=O) groups is 2. The van der Waals surface area contributed by atoms with Gasteiger partial charge >= 0.3 is 6.18 Å². The second-order valence-electron chi connectivity index (χ2n) is 9.88. The van der Waals surface area contributed by atoms with Crippen LogP contribution in [0.2, 0.25) is 5.02 Å². The van der Waals surface area contributed by atoms with Crippen LogP contribution in [-0.2, 0) is 32.3 Å². The van der Waals surface area contributed by atoms with Gasteiger partial charge in [0.25, 0.3) is 10.0 Å². The van der Waals surface area contributed by atoms with E-state index in [-0.39, 0.29) is 23.9 Å². The van der Waals surface area contributed by atoms with E-state index >= 15 is 0 Å². The maximum atomic E-state index is 14.0. The Morgan fingerprint density at radius 2 is 1.58 bits per heavy atom. The average Bonchev–Trinajstić information content (AvgIpc) is 2.96. The molecule has 43 heavy (non-hydrogen) atoms. The molecule has 0 unspecified atom stereocenters. The van der Waals surface area contributed by atoms with Crippen LogP contribution in [-0.4, -0.2) is 43.8 Å². The highest BCUT2D eigenvalue weighted by Gasteiger charge is 2.37. The minimum Gasteiger partial charge on any atom is -0.352 e. The van der Waals surface area contributed by atoms with Gasteiger partial charge in [0.05, 0.1) is 21.2 Å². The summed E-state index contributed by atoms with van der Waals surface area (Å²) in [6, 6.07) is 13.4. The average molecular weight is 642 g/mol. The predicted molar refractivity (Wildman–Crippen MR) is 156 cm³/mol. The van der Waals surface area contributed by atoms with Crippen molar-refractivity contribution in [3.63, 3.8) is 0 Å². The van der Waals surface area contributed by atoms with Crippen molar-refractivity contribution < 1.29 is 35.6 Å². The second kappa shape index (κ2) is 14.2. The van der Waals surface area contributed by atoms with E-state index in [0.717, 1.165) is 17.0 Å². The van der Waals surface area contributed by atoms with E-state index in [4.69, 9.17) is 11.6 Å². The lowest BCUT2D eigenvalue weighted by molar-refractivity contribution is -0.140. The number of hydrogen-bond donors (Lipinski definition) is 1. The zero-order chi connectivity index (χ0) is 31.9. The number of amides is 2. The summed E-state index contributed by atoms with van der Waals surface area (Å²) in [4.78, 5) is 28.2. The molecule has 3 aromatic carbocycles. The first kappa shape index (κ1) is 33.9. The summed E-state index contributed by atoms with van der Waals surface area (Å²) in [7, 11) is -4.59. The largest absolute Gasteiger partial charge is 0.417 e. The molecule has 0 aliphatic rings. The van der Waals surface area contributed by atoms with Crippen molar-refractivity contribution in [3.05, 3.63) is 94.8 Å². The van der Waals surface area contributed by atoms with Crippen molar-refractivity contribution in [2.24, 2.45) is 0 Å². The van der Waals surface area contributed by atoms with Crippen molar-refractivity contribution in [2.45, 2.75) is 63.3 Å². The van der Waals surface area contributed by atoms with Crippen molar-refractivity contribution in [2.75, 3.05) is 10.8 Å². The fourth-order valence-electron chi connectivity index (χ4n) is 4.28. The fraction of sp³-hybridized carbons (Fsp3) is 0.333. The standard InChI is InChI=1S/C30H32ClF4N3O4S/c1-4-20(3)36-29(40)27(5-2)37(18-21-11-13-22(32)14-12-21)28(39)19-38(43(41,42)24-9-7-6-8-10-24)23-15-16-26(31)25(17-23)30(33,34)35/h6-17,20,27H,4-5,18-19H2,1-3H3,(H,36,40)/t20-,27+/m0/s1. The number of sulfonamides is 1. The van der Waals surface area contributed by atoms with Gasteiger partial charge in [-0.3, -0.25) is 13.9 Å². The molecule has 1 N–H and O–H groups in total. The van der Waals surface area contributed by atoms with Gasteiger partial charge in [0.15, 0.2) is 0 Å². The minimum atomic E-state index is -4.91. The highest BCUT2D eigenvalue weighted by molar-refractivity contribution is 7.92. The lowest BCUT2D eigenvalue weighted by atomic mass is 10.1. The molecule has 3 aromatic rings. The highest BCUT2D eigenvalue weighted by Crippen LogP contribution is 2.38. The van der Waals surface area contributed by atoms with E-state index in [1.165, 1.54) is 48.5 Å². The van der Waals surface area contributed by atoms with E-state index in [2.05, 4.69) is 5.32 Å². The summed E-state index contributed by atoms with van der Waals surface area (Å²) in [6.07, 6.45) is -4.16. The van der Waals surface area contributed by atoms with Crippen LogP contribution < -0.4 is 9.62 Å². The van der Waals surface area contributed by atoms with Crippen LogP contribution in [0.4, 0.5) is 23.2 Å². The van der Waals surface area contributed by atoms with Gasteiger partial charge in [-0.1, -0.05) is 55.8 Å². The molecule has 7 nitrogen and oxygen atoms in total. The van der Waals surface area contributed by atoms with Crippen LogP contribution in [0.15, 0.2) is 77.7 Å². The molecule has 232 valence electrons. The normalized spacial score (nSPS) is 13.2. The molecule has 0 aromatic heterocycles. The number of halogens is 5. The van der Waals surface area contributed by atoms with E-state index < -0.39 is 62.7 Å². The Morgan fingerprint density at radius 3 is 2.14 bits per heavy atom. The van der Waals surface area contributed by atoms with Crippen molar-refractivity contribution >= 4 is 39.1 Å². The van der Waals surface area contributed by atoms with Gasteiger partial charge in [-0.15, -0.1) is 0 Å². The van der Waals surface area contributed by atoms with E-state index in [0.29, 0.717) is 22.4 Å². The lowest BCUT2D eigenvalue weighted by Gasteiger charge is -2.34. The van der Waals surface area contributed by atoms with Gasteiger partial charge in [-0.25, -0.2) is 12.8 Å². The topological polar surface area (TPSA) is 86.8 Å². The van der Waals surface area contributed by atoms with Crippen LogP contribution >= 0.6 is 11.6 Å². The molecule has 0 saturated heterocycles. The van der Waals surface area contributed by atoms with Crippen LogP contribution in [0.1, 0.15) is 44.7 Å². The van der Waals surface area contributed by atoms with E-state index in [1.54, 1.807) is 19.9 Å². The first-order valence-electron chi connectivity index (χ1n) is 13.5. The predicted octanol–water partition coefficient (Wildman–Crippen LogP) is 6.42. The number of anilines is 1. The first-order valence-corrected chi connectivity index (χ1v) is 15.3. The van der Waals surface area contributed by atoms with Gasteiger partial charge in [0.2, 0.25) is 11.8 Å². The number of benzene rings is 3. The number of hydrogen-bond acceptors (Lipinski definition) is 4. The van der Waals surface area contributed by atoms with Crippen LogP contribution in [0, 0.1) is 5.82 Å². The summed E-state index contributed by atoms with van der Waals surface area (Å²) >= 11 is 5.79. The van der Waals surface area contributed by atoms with Crippen molar-refractivity contribution in [1.29, 1.82) is 0 Å². The van der Waals surface area contributed by atoms with E-state index in [9.17, 15) is 35.6 Å². The molecule has 0 aliphatic carbocycles. The monoisotopic (exact) mass is 641 g/mol. The summed E-state index contributed by atoms with van der Waals surface area (Å²) in [6.45, 7) is 4.17. The molecule has 3 rings (SSSR count). The zero-order valence-corrected chi connectivity index (χ0v) is 25.3.